The Balaban J connectivity index is 2.17. The van der Waals surface area contributed by atoms with Crippen LogP contribution in [0, 0.1) is 10.1 Å². The Morgan fingerprint density at radius 2 is 1.96 bits per heavy atom. The van der Waals surface area contributed by atoms with E-state index in [-0.39, 0.29) is 22.6 Å². The van der Waals surface area contributed by atoms with Gasteiger partial charge in [0.1, 0.15) is 5.75 Å². The van der Waals surface area contributed by atoms with Crippen LogP contribution in [0.4, 0.5) is 14.5 Å². The molecule has 0 saturated heterocycles. The molecule has 2 aromatic carbocycles. The zero-order valence-electron chi connectivity index (χ0n) is 12.4. The van der Waals surface area contributed by atoms with E-state index in [1.165, 1.54) is 24.3 Å². The number of carbonyl (C=O) groups is 1. The summed E-state index contributed by atoms with van der Waals surface area (Å²) in [6, 6.07) is 8.98. The lowest BCUT2D eigenvalue weighted by atomic mass is 10.2. The Morgan fingerprint density at radius 1 is 1.28 bits per heavy atom. The zero-order valence-corrected chi connectivity index (χ0v) is 13.1. The highest BCUT2D eigenvalue weighted by Gasteiger charge is 2.14. The fourth-order valence-corrected chi connectivity index (χ4v) is 1.91. The predicted molar refractivity (Wildman–Crippen MR) is 86.2 cm³/mol. The summed E-state index contributed by atoms with van der Waals surface area (Å²) in [6.45, 7) is -3.11. The summed E-state index contributed by atoms with van der Waals surface area (Å²) in [4.78, 5) is 21.9. The molecule has 7 nitrogen and oxygen atoms in total. The number of ether oxygens (including phenoxy) is 1. The number of hydrogen-bond donors (Lipinski definition) is 1. The number of carbonyl (C=O) groups excluding carboxylic acids is 1. The first-order valence-corrected chi connectivity index (χ1v) is 7.07. The second-order valence-corrected chi connectivity index (χ2v) is 5.00. The first kappa shape index (κ1) is 18.3. The van der Waals surface area contributed by atoms with E-state index in [9.17, 15) is 23.7 Å². The van der Waals surface area contributed by atoms with Crippen LogP contribution in [0.25, 0.3) is 0 Å². The molecule has 0 fully saturated rings. The lowest BCUT2D eigenvalue weighted by Gasteiger charge is -2.07. The van der Waals surface area contributed by atoms with Gasteiger partial charge in [-0.05, 0) is 30.3 Å². The van der Waals surface area contributed by atoms with Crippen molar-refractivity contribution < 1.29 is 23.2 Å². The third-order valence-corrected chi connectivity index (χ3v) is 3.15. The monoisotopic (exact) mass is 369 g/mol. The van der Waals surface area contributed by atoms with Gasteiger partial charge in [-0.2, -0.15) is 13.9 Å². The van der Waals surface area contributed by atoms with Gasteiger partial charge in [0.05, 0.1) is 11.1 Å². The smallest absolute Gasteiger partial charge is 0.387 e. The van der Waals surface area contributed by atoms with E-state index < -0.39 is 17.4 Å². The average Bonchev–Trinajstić information content (AvgIpc) is 2.56. The molecule has 2 rings (SSSR count). The maximum atomic E-state index is 12.4. The first-order chi connectivity index (χ1) is 11.9. The zero-order chi connectivity index (χ0) is 18.4. The number of amides is 1. The van der Waals surface area contributed by atoms with Crippen LogP contribution in [-0.2, 0) is 0 Å². The van der Waals surface area contributed by atoms with Crippen molar-refractivity contribution in [1.82, 2.24) is 5.43 Å². The number of alkyl halides is 2. The number of nitro groups is 1. The van der Waals surface area contributed by atoms with Crippen molar-refractivity contribution in [2.75, 3.05) is 0 Å². The largest absolute Gasteiger partial charge is 0.434 e. The van der Waals surface area contributed by atoms with E-state index in [0.29, 0.717) is 5.02 Å². The number of nitrogens with one attached hydrogen (secondary N) is 1. The molecular weight excluding hydrogens is 360 g/mol. The third-order valence-electron chi connectivity index (χ3n) is 2.90. The van der Waals surface area contributed by atoms with Crippen molar-refractivity contribution in [2.45, 2.75) is 6.61 Å². The normalized spacial score (nSPS) is 10.9. The molecule has 0 aliphatic rings. The Bertz CT molecular complexity index is 813. The van der Waals surface area contributed by atoms with Crippen LogP contribution in [0.1, 0.15) is 15.9 Å². The maximum Gasteiger partial charge on any atom is 0.387 e. The molecule has 0 spiro atoms. The molecular formula is C15H10ClF2N3O4. The molecule has 0 aliphatic heterocycles. The van der Waals surface area contributed by atoms with Gasteiger partial charge in [0.25, 0.3) is 11.6 Å². The molecule has 0 aromatic heterocycles. The van der Waals surface area contributed by atoms with Crippen molar-refractivity contribution in [1.29, 1.82) is 0 Å². The Labute approximate surface area is 145 Å². The quantitative estimate of drug-likeness (QED) is 0.478. The van der Waals surface area contributed by atoms with E-state index in [0.717, 1.165) is 24.4 Å². The van der Waals surface area contributed by atoms with E-state index in [4.69, 9.17) is 11.6 Å². The molecule has 0 unspecified atom stereocenters. The molecule has 0 aliphatic carbocycles. The molecule has 0 radical (unpaired) electrons. The lowest BCUT2D eigenvalue weighted by Crippen LogP contribution is -2.17. The molecule has 0 heterocycles. The van der Waals surface area contributed by atoms with Crippen LogP contribution >= 0.6 is 11.6 Å². The van der Waals surface area contributed by atoms with E-state index in [1.807, 2.05) is 0 Å². The standard InChI is InChI=1S/C15H10ClF2N3O4/c16-11-3-1-9(2-4-11)14(22)20-19-8-10-7-12(21(23)24)5-6-13(10)25-15(17)18/h1-8,15H,(H,20,22)/b19-8-. The molecule has 0 bridgehead atoms. The molecule has 130 valence electrons. The molecule has 10 heteroatoms. The summed E-state index contributed by atoms with van der Waals surface area (Å²) in [5.74, 6) is -0.889. The first-order valence-electron chi connectivity index (χ1n) is 6.69. The second kappa shape index (κ2) is 8.15. The fourth-order valence-electron chi connectivity index (χ4n) is 1.78. The molecule has 2 aromatic rings. The topological polar surface area (TPSA) is 93.8 Å². The number of benzene rings is 2. The number of halogens is 3. The van der Waals surface area contributed by atoms with Gasteiger partial charge in [-0.15, -0.1) is 0 Å². The summed E-state index contributed by atoms with van der Waals surface area (Å²) in [6.07, 6.45) is 0.971. The van der Waals surface area contributed by atoms with Crippen molar-refractivity contribution in [3.8, 4) is 5.75 Å². The van der Waals surface area contributed by atoms with Gasteiger partial charge in [0.2, 0.25) is 0 Å². The summed E-state index contributed by atoms with van der Waals surface area (Å²) < 4.78 is 29.0. The van der Waals surface area contributed by atoms with Crippen LogP contribution in [0.2, 0.25) is 5.02 Å². The minimum absolute atomic E-state index is 0.0918. The number of nitro benzene ring substituents is 1. The van der Waals surface area contributed by atoms with Crippen molar-refractivity contribution in [3.05, 3.63) is 68.7 Å². The molecule has 0 atom stereocenters. The number of hydrazone groups is 1. The van der Waals surface area contributed by atoms with Crippen LogP contribution in [-0.4, -0.2) is 23.7 Å². The van der Waals surface area contributed by atoms with Crippen LogP contribution < -0.4 is 10.2 Å². The van der Waals surface area contributed by atoms with Crippen molar-refractivity contribution in [2.24, 2.45) is 5.10 Å². The van der Waals surface area contributed by atoms with Gasteiger partial charge in [-0.3, -0.25) is 14.9 Å². The van der Waals surface area contributed by atoms with Gasteiger partial charge in [0, 0.05) is 28.3 Å². The van der Waals surface area contributed by atoms with Gasteiger partial charge < -0.3 is 4.74 Å². The number of hydrogen-bond acceptors (Lipinski definition) is 5. The van der Waals surface area contributed by atoms with E-state index in [1.54, 1.807) is 0 Å². The summed E-state index contributed by atoms with van der Waals surface area (Å²) >= 11 is 5.71. The summed E-state index contributed by atoms with van der Waals surface area (Å²) in [7, 11) is 0. The fraction of sp³-hybridized carbons (Fsp3) is 0.0667. The minimum atomic E-state index is -3.11. The SMILES string of the molecule is O=C(N/N=C\c1cc([N+](=O)[O-])ccc1OC(F)F)c1ccc(Cl)cc1. The molecule has 1 amide bonds. The number of nitrogens with zero attached hydrogens (tertiary/aromatic N) is 2. The van der Waals surface area contributed by atoms with E-state index in [2.05, 4.69) is 15.3 Å². The Hall–Kier alpha value is -3.07. The third kappa shape index (κ3) is 5.21. The van der Waals surface area contributed by atoms with Crippen LogP contribution in [0.3, 0.4) is 0 Å². The highest BCUT2D eigenvalue weighted by atomic mass is 35.5. The maximum absolute atomic E-state index is 12.4. The predicted octanol–water partition coefficient (Wildman–Crippen LogP) is 3.61. The lowest BCUT2D eigenvalue weighted by molar-refractivity contribution is -0.384. The van der Waals surface area contributed by atoms with Gasteiger partial charge in [-0.25, -0.2) is 5.43 Å². The number of non-ortho nitro benzene ring substituents is 1. The van der Waals surface area contributed by atoms with Gasteiger partial charge in [0.15, 0.2) is 0 Å². The highest BCUT2D eigenvalue weighted by Crippen LogP contribution is 2.24. The van der Waals surface area contributed by atoms with Gasteiger partial charge in [-0.1, -0.05) is 11.6 Å². The highest BCUT2D eigenvalue weighted by molar-refractivity contribution is 6.30. The van der Waals surface area contributed by atoms with Crippen molar-refractivity contribution in [3.63, 3.8) is 0 Å². The van der Waals surface area contributed by atoms with Gasteiger partial charge >= 0.3 is 6.61 Å². The second-order valence-electron chi connectivity index (χ2n) is 4.56. The van der Waals surface area contributed by atoms with Crippen molar-refractivity contribution >= 4 is 29.4 Å². The molecule has 0 saturated carbocycles. The minimum Gasteiger partial charge on any atom is -0.434 e. The summed E-state index contributed by atoms with van der Waals surface area (Å²) in [5, 5.41) is 14.8. The van der Waals surface area contributed by atoms with E-state index >= 15 is 0 Å². The summed E-state index contributed by atoms with van der Waals surface area (Å²) in [5.41, 5.74) is 2.01. The number of rotatable bonds is 6. The molecule has 1 N–H and O–H groups in total. The van der Waals surface area contributed by atoms with Crippen LogP contribution in [0.15, 0.2) is 47.6 Å². The Kier molecular flexibility index (Phi) is 5.96. The van der Waals surface area contributed by atoms with Crippen LogP contribution in [0.5, 0.6) is 5.75 Å². The Morgan fingerprint density at radius 3 is 2.56 bits per heavy atom. The average molecular weight is 370 g/mol. The molecule has 25 heavy (non-hydrogen) atoms.